The van der Waals surface area contributed by atoms with E-state index in [0.717, 1.165) is 11.1 Å². The maximum Gasteiger partial charge on any atom is 0.252 e. The summed E-state index contributed by atoms with van der Waals surface area (Å²) < 4.78 is 38.9. The Hall–Kier alpha value is -4.87. The number of benzene rings is 3. The zero-order chi connectivity index (χ0) is 45.6. The smallest absolute Gasteiger partial charge is 0.252 e. The van der Waals surface area contributed by atoms with Crippen LogP contribution in [0.1, 0.15) is 90.9 Å². The number of nitrogens with two attached hydrogens (primary N) is 3. The predicted molar refractivity (Wildman–Crippen MR) is 239 cm³/mol. The second-order valence-electron chi connectivity index (χ2n) is 15.9. The van der Waals surface area contributed by atoms with Crippen LogP contribution in [0.25, 0.3) is 11.1 Å². The molecule has 1 heterocycles. The topological polar surface area (TPSA) is 252 Å². The van der Waals surface area contributed by atoms with E-state index in [1.54, 1.807) is 50.2 Å². The van der Waals surface area contributed by atoms with Crippen molar-refractivity contribution < 1.29 is 41.9 Å². The third-order valence-electron chi connectivity index (χ3n) is 11.0. The number of hydrogen-bond acceptors (Lipinski definition) is 12. The van der Waals surface area contributed by atoms with E-state index in [0.29, 0.717) is 39.3 Å². The number of halogens is 1. The average molecular weight is 898 g/mol. The summed E-state index contributed by atoms with van der Waals surface area (Å²) in [6, 6.07) is 14.3. The minimum Gasteiger partial charge on any atom is -0.492 e. The van der Waals surface area contributed by atoms with E-state index < -0.39 is 56.9 Å². The molecule has 338 valence electrons. The van der Waals surface area contributed by atoms with Crippen molar-refractivity contribution in [3.05, 3.63) is 82.4 Å². The van der Waals surface area contributed by atoms with Crippen LogP contribution in [0.5, 0.6) is 11.5 Å². The molecule has 9 N–H and O–H groups in total. The van der Waals surface area contributed by atoms with Gasteiger partial charge in [-0.05, 0) is 113 Å². The van der Waals surface area contributed by atoms with Gasteiger partial charge in [0.1, 0.15) is 29.9 Å². The van der Waals surface area contributed by atoms with Crippen molar-refractivity contribution in [3.8, 4) is 22.6 Å². The number of Topliss-reactive ketones (excluding diaryl/α,β-unsaturated/α-hetero) is 2. The van der Waals surface area contributed by atoms with Crippen LogP contribution >= 0.6 is 11.6 Å². The van der Waals surface area contributed by atoms with Crippen molar-refractivity contribution in [1.82, 2.24) is 15.4 Å². The van der Waals surface area contributed by atoms with Crippen molar-refractivity contribution in [2.75, 3.05) is 38.1 Å². The molecule has 0 aromatic heterocycles. The molecule has 3 aromatic rings. The van der Waals surface area contributed by atoms with E-state index in [1.165, 1.54) is 0 Å². The molecule has 0 spiro atoms. The van der Waals surface area contributed by atoms with Gasteiger partial charge in [0.05, 0.1) is 18.0 Å². The standard InChI is InChI=1S/C45H61ClN6O9S/c1-27-8-12-34(29(3)22-27)44(56)51-38(16-17-47)42(54)28(2)9-13-35-32-11-15-41(61-21-19-49)37(25-32)36-24-31(10-14-40(36)60-20-18-48)23-33(43(55)52-62(58,59)26-46)6-5-7-39(53)30(4)50-45(35)57/h8,10-12,14-15,22,24-25,28,30,33,35,38H,5-7,9,13,16-21,23,26,47-49H2,1-4H3,(H,50,57)(H,51,56)(H,52,55)/t28?,30-,33-,35-,38-/m0/s1. The maximum absolute atomic E-state index is 14.4. The van der Waals surface area contributed by atoms with Gasteiger partial charge >= 0.3 is 0 Å². The first-order chi connectivity index (χ1) is 29.5. The van der Waals surface area contributed by atoms with Crippen molar-refractivity contribution >= 4 is 50.9 Å². The first kappa shape index (κ1) is 49.8. The largest absolute Gasteiger partial charge is 0.492 e. The van der Waals surface area contributed by atoms with Crippen LogP contribution in [0.4, 0.5) is 0 Å². The molecule has 1 aliphatic heterocycles. The van der Waals surface area contributed by atoms with Gasteiger partial charge in [-0.2, -0.15) is 0 Å². The number of aryl methyl sites for hydroxylation is 2. The highest BCUT2D eigenvalue weighted by atomic mass is 35.5. The lowest BCUT2D eigenvalue weighted by Gasteiger charge is -2.25. The average Bonchev–Trinajstić information content (AvgIpc) is 3.23. The lowest BCUT2D eigenvalue weighted by molar-refractivity contribution is -0.129. The summed E-state index contributed by atoms with van der Waals surface area (Å²) in [7, 11) is -4.09. The molecule has 3 amide bonds. The fraction of sp³-hybridized carbons (Fsp3) is 0.489. The summed E-state index contributed by atoms with van der Waals surface area (Å²) in [6.07, 6.45) is 1.17. The first-order valence-electron chi connectivity index (χ1n) is 21.0. The van der Waals surface area contributed by atoms with Crippen molar-refractivity contribution in [1.29, 1.82) is 0 Å². The highest BCUT2D eigenvalue weighted by molar-refractivity contribution is 7.91. The van der Waals surface area contributed by atoms with Crippen molar-refractivity contribution in [2.45, 2.75) is 90.6 Å². The quantitative estimate of drug-likeness (QED) is 0.0995. The van der Waals surface area contributed by atoms with Crippen LogP contribution in [0.2, 0.25) is 0 Å². The van der Waals surface area contributed by atoms with Gasteiger partial charge in [-0.15, -0.1) is 11.6 Å². The lowest BCUT2D eigenvalue weighted by Crippen LogP contribution is -2.44. The number of hydrogen-bond donors (Lipinski definition) is 6. The lowest BCUT2D eigenvalue weighted by atomic mass is 9.85. The van der Waals surface area contributed by atoms with Crippen LogP contribution in [-0.4, -0.2) is 87.8 Å². The third-order valence-corrected chi connectivity index (χ3v) is 12.6. The van der Waals surface area contributed by atoms with E-state index in [2.05, 4.69) is 10.6 Å². The minimum absolute atomic E-state index is 0.00843. The summed E-state index contributed by atoms with van der Waals surface area (Å²) in [5, 5.41) is 4.96. The van der Waals surface area contributed by atoms with Crippen molar-refractivity contribution in [3.63, 3.8) is 0 Å². The molecule has 4 rings (SSSR count). The van der Waals surface area contributed by atoms with Gasteiger partial charge in [0, 0.05) is 48.0 Å². The molecular formula is C45H61ClN6O9S. The van der Waals surface area contributed by atoms with Crippen molar-refractivity contribution in [2.24, 2.45) is 29.0 Å². The molecule has 0 aliphatic carbocycles. The first-order valence-corrected chi connectivity index (χ1v) is 23.2. The number of amides is 3. The number of nitrogens with one attached hydrogen (secondary N) is 3. The Balaban J connectivity index is 1.78. The van der Waals surface area contributed by atoms with Gasteiger partial charge in [0.25, 0.3) is 5.91 Å². The van der Waals surface area contributed by atoms with Gasteiger partial charge < -0.3 is 37.3 Å². The molecule has 0 fully saturated rings. The Labute approximate surface area is 369 Å². The SMILES string of the molecule is Cc1ccc(C(=O)N[C@@H](CCN)C(=O)C(C)CC[C@@H]2C(=O)N[C@@H](C)C(=O)CCC[C@H](C(=O)NS(=O)(=O)CCl)Cc3ccc(OCCN)c(c3)-c3cc2ccc3OCCN)c(C)c1. The number of sulfonamides is 1. The van der Waals surface area contributed by atoms with E-state index >= 15 is 0 Å². The number of carbonyl (C=O) groups is 5. The van der Waals surface area contributed by atoms with E-state index in [-0.39, 0.29) is 95.3 Å². The third kappa shape index (κ3) is 13.8. The summed E-state index contributed by atoms with van der Waals surface area (Å²) in [6.45, 7) is 8.03. The maximum atomic E-state index is 14.4. The summed E-state index contributed by atoms with van der Waals surface area (Å²) in [5.41, 5.74) is 22.1. The minimum atomic E-state index is -4.09. The fourth-order valence-corrected chi connectivity index (χ4v) is 8.29. The normalized spacial score (nSPS) is 18.2. The highest BCUT2D eigenvalue weighted by Crippen LogP contribution is 2.41. The number of ether oxygens (including phenoxy) is 2. The van der Waals surface area contributed by atoms with Crippen LogP contribution in [0.3, 0.4) is 0 Å². The summed E-state index contributed by atoms with van der Waals surface area (Å²) in [5.74, 6) is -3.52. The molecule has 0 saturated carbocycles. The number of fused-ring (bicyclic) bond motifs is 5. The number of alkyl halides is 1. The van der Waals surface area contributed by atoms with Gasteiger partial charge in [0.15, 0.2) is 11.6 Å². The molecule has 15 nitrogen and oxygen atoms in total. The van der Waals surface area contributed by atoms with Crippen LogP contribution < -0.4 is 42.0 Å². The molecule has 5 atom stereocenters. The number of ketones is 2. The molecule has 4 bridgehead atoms. The van der Waals surface area contributed by atoms with Gasteiger partial charge in [-0.3, -0.25) is 28.7 Å². The summed E-state index contributed by atoms with van der Waals surface area (Å²) >= 11 is 5.60. The second-order valence-corrected chi connectivity index (χ2v) is 18.2. The molecule has 62 heavy (non-hydrogen) atoms. The highest BCUT2D eigenvalue weighted by Gasteiger charge is 2.31. The monoisotopic (exact) mass is 896 g/mol. The van der Waals surface area contributed by atoms with Gasteiger partial charge in [0.2, 0.25) is 21.8 Å². The Morgan fingerprint density at radius 1 is 0.903 bits per heavy atom. The zero-order valence-electron chi connectivity index (χ0n) is 36.0. The molecule has 1 aliphatic rings. The number of rotatable bonds is 18. The zero-order valence-corrected chi connectivity index (χ0v) is 37.5. The molecule has 0 radical (unpaired) electrons. The Bertz CT molecular complexity index is 2190. The van der Waals surface area contributed by atoms with E-state index in [4.69, 9.17) is 38.3 Å². The molecular weight excluding hydrogens is 836 g/mol. The van der Waals surface area contributed by atoms with E-state index in [9.17, 15) is 32.4 Å². The number of carbonyl (C=O) groups excluding carboxylic acids is 5. The van der Waals surface area contributed by atoms with Crippen LogP contribution in [0.15, 0.2) is 54.6 Å². The van der Waals surface area contributed by atoms with E-state index in [1.807, 2.05) is 36.8 Å². The van der Waals surface area contributed by atoms with Gasteiger partial charge in [-0.1, -0.05) is 36.8 Å². The molecule has 3 aromatic carbocycles. The molecule has 0 saturated heterocycles. The fourth-order valence-electron chi connectivity index (χ4n) is 7.59. The Morgan fingerprint density at radius 3 is 2.19 bits per heavy atom. The Kier molecular flexibility index (Phi) is 18.9. The predicted octanol–water partition coefficient (Wildman–Crippen LogP) is 3.92. The van der Waals surface area contributed by atoms with Crippen LogP contribution in [-0.2, 0) is 35.6 Å². The summed E-state index contributed by atoms with van der Waals surface area (Å²) in [4.78, 5) is 68.6. The van der Waals surface area contributed by atoms with Gasteiger partial charge in [-0.25, -0.2) is 8.42 Å². The Morgan fingerprint density at radius 2 is 1.56 bits per heavy atom. The molecule has 17 heteroatoms. The molecule has 1 unspecified atom stereocenters. The second kappa shape index (κ2) is 23.5. The van der Waals surface area contributed by atoms with Crippen LogP contribution in [0, 0.1) is 25.7 Å².